The number of carbonyl (C=O) groups excluding carboxylic acids is 8. The molecule has 3 aliphatic heterocycles. The van der Waals surface area contributed by atoms with Crippen LogP contribution in [0, 0.1) is 0 Å². The Labute approximate surface area is 277 Å². The SMILES string of the molecule is CCN1CCN(C(=O)NC(C(=O)N[C@]2(NC=O)C(=O)N3[C@@H](C(=O)O)C(C)(C)S(=O)(=O)[C@@H]32)c2ccc(OC(C)=O)c(OC(C)=O)c2)C(=O)C1=O. The number of carboxylic acid groups (broad SMARTS) is 1. The number of carboxylic acids is 1. The molecule has 0 bridgehead atoms. The number of likely N-dealkylation sites (N-methyl/N-ethyl adjacent to an activating group) is 1. The minimum Gasteiger partial charge on any atom is -0.480 e. The van der Waals surface area contributed by atoms with Crippen molar-refractivity contribution in [3.05, 3.63) is 23.8 Å². The van der Waals surface area contributed by atoms with E-state index in [-0.39, 0.29) is 37.4 Å². The fourth-order valence-corrected chi connectivity index (χ4v) is 8.19. The number of rotatable bonds is 10. The molecule has 3 saturated heterocycles. The number of aliphatic carboxylic acids is 1. The summed E-state index contributed by atoms with van der Waals surface area (Å²) in [5.41, 5.74) is -3.02. The van der Waals surface area contributed by atoms with Gasteiger partial charge in [-0.05, 0) is 38.5 Å². The third-order valence-corrected chi connectivity index (χ3v) is 11.1. The third kappa shape index (κ3) is 5.89. The zero-order chi connectivity index (χ0) is 36.8. The van der Waals surface area contributed by atoms with Gasteiger partial charge >= 0.3 is 35.8 Å². The lowest BCUT2D eigenvalue weighted by atomic mass is 9.91. The number of ether oxygens (including phenoxy) is 2. The summed E-state index contributed by atoms with van der Waals surface area (Å²) in [7, 11) is -4.66. The number of amides is 7. The van der Waals surface area contributed by atoms with E-state index < -0.39 is 91.0 Å². The predicted molar refractivity (Wildman–Crippen MR) is 159 cm³/mol. The van der Waals surface area contributed by atoms with Crippen LogP contribution in [-0.4, -0.2) is 124 Å². The molecule has 4 atom stereocenters. The summed E-state index contributed by atoms with van der Waals surface area (Å²) in [6.07, 6.45) is -0.0933. The van der Waals surface area contributed by atoms with Gasteiger partial charge in [0.15, 0.2) is 26.7 Å². The molecule has 0 saturated carbocycles. The standard InChI is InChI=1S/C28H32N6O14S/c1-6-32-9-10-33(22(40)21(32)39)26(44)30-18(15-7-8-16(47-13(2)36)17(11-15)48-14(3)37)20(38)31-28(29-12-35)24(43)34-19(23(41)42)27(4,5)49(45,46)25(28)34/h7-8,11-12,18-19,25H,6,9-10H2,1-5H3,(H,29,35)(H,30,44)(H,31,38)(H,41,42)/t18?,19-,25+,28+/m0/s1. The molecule has 1 unspecified atom stereocenters. The summed E-state index contributed by atoms with van der Waals surface area (Å²) in [5.74, 6) is -9.06. The highest BCUT2D eigenvalue weighted by molar-refractivity contribution is 7.94. The van der Waals surface area contributed by atoms with Crippen LogP contribution in [0.2, 0.25) is 0 Å². The predicted octanol–water partition coefficient (Wildman–Crippen LogP) is -2.63. The zero-order valence-electron chi connectivity index (χ0n) is 26.7. The molecule has 1 aromatic carbocycles. The van der Waals surface area contributed by atoms with Crippen molar-refractivity contribution in [2.45, 2.75) is 62.5 Å². The Hall–Kier alpha value is -5.60. The Morgan fingerprint density at radius 3 is 2.18 bits per heavy atom. The molecule has 49 heavy (non-hydrogen) atoms. The van der Waals surface area contributed by atoms with Gasteiger partial charge in [-0.15, -0.1) is 0 Å². The van der Waals surface area contributed by atoms with Gasteiger partial charge in [0.05, 0.1) is 0 Å². The van der Waals surface area contributed by atoms with E-state index in [1.165, 1.54) is 4.90 Å². The quantitative estimate of drug-likeness (QED) is 0.0484. The van der Waals surface area contributed by atoms with Crippen molar-refractivity contribution in [1.29, 1.82) is 0 Å². The number of carbonyl (C=O) groups is 9. The molecule has 7 amide bonds. The number of sulfone groups is 1. The molecule has 3 fully saturated rings. The number of benzene rings is 1. The van der Waals surface area contributed by atoms with E-state index in [4.69, 9.17) is 9.47 Å². The molecule has 0 aromatic heterocycles. The van der Waals surface area contributed by atoms with Gasteiger partial charge in [0, 0.05) is 33.5 Å². The van der Waals surface area contributed by atoms with E-state index >= 15 is 0 Å². The van der Waals surface area contributed by atoms with Crippen LogP contribution < -0.4 is 25.4 Å². The highest BCUT2D eigenvalue weighted by Crippen LogP contribution is 2.49. The largest absolute Gasteiger partial charge is 0.480 e. The van der Waals surface area contributed by atoms with E-state index in [2.05, 4.69) is 10.6 Å². The Balaban J connectivity index is 1.80. The molecule has 21 heteroatoms. The first-order chi connectivity index (χ1) is 22.8. The molecular formula is C28H32N6O14S. The van der Waals surface area contributed by atoms with Gasteiger partial charge in [0.25, 0.3) is 5.91 Å². The molecule has 1 aromatic rings. The number of nitrogens with one attached hydrogen (secondary N) is 3. The lowest BCUT2D eigenvalue weighted by Gasteiger charge is -2.51. The average Bonchev–Trinajstić information content (AvgIpc) is 3.16. The maximum atomic E-state index is 14.1. The molecule has 3 heterocycles. The van der Waals surface area contributed by atoms with E-state index in [9.17, 15) is 56.7 Å². The van der Waals surface area contributed by atoms with Crippen LogP contribution in [0.15, 0.2) is 18.2 Å². The van der Waals surface area contributed by atoms with Crippen molar-refractivity contribution in [1.82, 2.24) is 30.7 Å². The van der Waals surface area contributed by atoms with Gasteiger partial charge < -0.3 is 40.3 Å². The number of hydrogen-bond acceptors (Lipinski definition) is 13. The van der Waals surface area contributed by atoms with Gasteiger partial charge in [-0.2, -0.15) is 0 Å². The molecule has 0 spiro atoms. The Bertz CT molecular complexity index is 1790. The molecule has 4 N–H and O–H groups in total. The number of nitrogens with zero attached hydrogens (tertiary/aromatic N) is 3. The lowest BCUT2D eigenvalue weighted by molar-refractivity contribution is -0.172. The van der Waals surface area contributed by atoms with E-state index in [0.717, 1.165) is 45.9 Å². The van der Waals surface area contributed by atoms with Crippen LogP contribution >= 0.6 is 0 Å². The number of imide groups is 1. The monoisotopic (exact) mass is 708 g/mol. The van der Waals surface area contributed by atoms with Crippen LogP contribution in [0.5, 0.6) is 11.5 Å². The zero-order valence-corrected chi connectivity index (χ0v) is 27.5. The minimum atomic E-state index is -4.66. The highest BCUT2D eigenvalue weighted by Gasteiger charge is 2.79. The number of hydrogen-bond donors (Lipinski definition) is 4. The maximum Gasteiger partial charge on any atom is 0.328 e. The number of fused-ring (bicyclic) bond motifs is 1. The molecular weight excluding hydrogens is 676 g/mol. The smallest absolute Gasteiger partial charge is 0.328 e. The normalized spacial score (nSPS) is 24.2. The van der Waals surface area contributed by atoms with Crippen molar-refractivity contribution in [2.24, 2.45) is 0 Å². The van der Waals surface area contributed by atoms with Crippen LogP contribution in [0.25, 0.3) is 0 Å². The van der Waals surface area contributed by atoms with Gasteiger partial charge in [0.1, 0.15) is 16.8 Å². The summed E-state index contributed by atoms with van der Waals surface area (Å²) in [6, 6.07) is -2.02. The Morgan fingerprint density at radius 1 is 1.02 bits per heavy atom. The molecule has 264 valence electrons. The Morgan fingerprint density at radius 2 is 1.63 bits per heavy atom. The summed E-state index contributed by atoms with van der Waals surface area (Å²) in [5, 5.41) is 14.0. The van der Waals surface area contributed by atoms with Crippen molar-refractivity contribution in [2.75, 3.05) is 19.6 Å². The first-order valence-corrected chi connectivity index (χ1v) is 16.1. The van der Waals surface area contributed by atoms with Gasteiger partial charge in [-0.3, -0.25) is 38.5 Å². The number of piperazine rings is 1. The summed E-state index contributed by atoms with van der Waals surface area (Å²) < 4.78 is 35.3. The van der Waals surface area contributed by atoms with Crippen molar-refractivity contribution >= 4 is 63.8 Å². The minimum absolute atomic E-state index is 0.0458. The fraction of sp³-hybridized carbons (Fsp3) is 0.464. The van der Waals surface area contributed by atoms with Crippen molar-refractivity contribution in [3.8, 4) is 11.5 Å². The average molecular weight is 709 g/mol. The van der Waals surface area contributed by atoms with Crippen LogP contribution in [-0.2, 0) is 48.2 Å². The Kier molecular flexibility index (Phi) is 9.45. The number of β-lactam (4-membered cyclic amide) rings is 1. The van der Waals surface area contributed by atoms with Crippen molar-refractivity contribution < 1.29 is 66.1 Å². The summed E-state index contributed by atoms with van der Waals surface area (Å²) >= 11 is 0. The maximum absolute atomic E-state index is 14.1. The van der Waals surface area contributed by atoms with Crippen molar-refractivity contribution in [3.63, 3.8) is 0 Å². The molecule has 4 rings (SSSR count). The molecule has 3 aliphatic rings. The van der Waals surface area contributed by atoms with E-state index in [1.54, 1.807) is 6.92 Å². The van der Waals surface area contributed by atoms with Gasteiger partial charge in [-0.1, -0.05) is 6.07 Å². The molecule has 20 nitrogen and oxygen atoms in total. The second-order valence-electron chi connectivity index (χ2n) is 11.6. The lowest BCUT2D eigenvalue weighted by Crippen LogP contribution is -2.86. The molecule has 0 aliphatic carbocycles. The van der Waals surface area contributed by atoms with Gasteiger partial charge in [-0.25, -0.2) is 18.0 Å². The third-order valence-electron chi connectivity index (χ3n) is 8.27. The van der Waals surface area contributed by atoms with E-state index in [1.807, 2.05) is 5.32 Å². The van der Waals surface area contributed by atoms with Crippen LogP contribution in [0.1, 0.15) is 46.2 Å². The first kappa shape index (κ1) is 36.2. The highest BCUT2D eigenvalue weighted by atomic mass is 32.2. The molecule has 0 radical (unpaired) electrons. The van der Waals surface area contributed by atoms with Crippen LogP contribution in [0.4, 0.5) is 4.79 Å². The number of esters is 2. The van der Waals surface area contributed by atoms with Gasteiger partial charge in [0.2, 0.25) is 18.0 Å². The summed E-state index contributed by atoms with van der Waals surface area (Å²) in [4.78, 5) is 116. The van der Waals surface area contributed by atoms with E-state index in [0.29, 0.717) is 9.80 Å². The topological polar surface area (TPSA) is 272 Å². The first-order valence-electron chi connectivity index (χ1n) is 14.5. The van der Waals surface area contributed by atoms with Crippen LogP contribution in [0.3, 0.4) is 0 Å². The number of urea groups is 1. The second kappa shape index (κ2) is 12.8. The second-order valence-corrected chi connectivity index (χ2v) is 14.2. The summed E-state index contributed by atoms with van der Waals surface area (Å²) in [6.45, 7) is 5.60. The fourth-order valence-electron chi connectivity index (χ4n) is 5.88.